The molecule has 0 aliphatic rings. The highest BCUT2D eigenvalue weighted by Crippen LogP contribution is 2.14. The molecule has 0 unspecified atom stereocenters. The largest absolute Gasteiger partial charge is 0.379 e. The smallest absolute Gasteiger partial charge is 0.124 e. The van der Waals surface area contributed by atoms with E-state index in [0.29, 0.717) is 6.54 Å². The minimum Gasteiger partial charge on any atom is -0.379 e. The first-order valence-corrected chi connectivity index (χ1v) is 5.02. The van der Waals surface area contributed by atoms with Crippen molar-refractivity contribution in [2.75, 3.05) is 5.32 Å². The molecule has 0 bridgehead atoms. The van der Waals surface area contributed by atoms with E-state index in [1.165, 1.54) is 0 Å². The molecule has 1 aromatic carbocycles. The number of benzene rings is 1. The van der Waals surface area contributed by atoms with Crippen LogP contribution in [0.1, 0.15) is 5.69 Å². The van der Waals surface area contributed by atoms with Gasteiger partial charge in [0, 0.05) is 16.2 Å². The van der Waals surface area contributed by atoms with Gasteiger partial charge in [0.05, 0.1) is 6.54 Å². The van der Waals surface area contributed by atoms with Crippen molar-refractivity contribution in [1.82, 2.24) is 5.16 Å². The number of hydrogen-bond acceptors (Lipinski definition) is 3. The molecule has 1 N–H and O–H groups in total. The Balaban J connectivity index is 1.95. The van der Waals surface area contributed by atoms with Crippen LogP contribution in [0.5, 0.6) is 0 Å². The van der Waals surface area contributed by atoms with Gasteiger partial charge in [-0.2, -0.15) is 0 Å². The molecule has 2 rings (SSSR count). The van der Waals surface area contributed by atoms with Gasteiger partial charge in [-0.15, -0.1) is 0 Å². The lowest BCUT2D eigenvalue weighted by Gasteiger charge is -2.03. The van der Waals surface area contributed by atoms with Crippen molar-refractivity contribution in [2.24, 2.45) is 0 Å². The summed E-state index contributed by atoms with van der Waals surface area (Å²) in [6, 6.07) is 9.83. The van der Waals surface area contributed by atoms with Gasteiger partial charge in [0.25, 0.3) is 0 Å². The normalized spacial score (nSPS) is 10.1. The highest BCUT2D eigenvalue weighted by Gasteiger charge is 1.96. The first kappa shape index (κ1) is 9.27. The van der Waals surface area contributed by atoms with E-state index >= 15 is 0 Å². The van der Waals surface area contributed by atoms with Gasteiger partial charge in [-0.25, -0.2) is 0 Å². The fourth-order valence-corrected chi connectivity index (χ4v) is 1.35. The lowest BCUT2D eigenvalue weighted by atomic mass is 10.3. The molecule has 3 nitrogen and oxygen atoms in total. The average Bonchev–Trinajstić information content (AvgIpc) is 2.70. The van der Waals surface area contributed by atoms with E-state index in [1.807, 2.05) is 30.3 Å². The Morgan fingerprint density at radius 2 is 2.00 bits per heavy atom. The molecule has 4 heteroatoms. The van der Waals surface area contributed by atoms with Gasteiger partial charge in [-0.05, 0) is 24.3 Å². The van der Waals surface area contributed by atoms with Crippen LogP contribution < -0.4 is 5.32 Å². The van der Waals surface area contributed by atoms with Crippen molar-refractivity contribution in [3.8, 4) is 0 Å². The molecule has 0 atom stereocenters. The van der Waals surface area contributed by atoms with Gasteiger partial charge < -0.3 is 9.84 Å². The molecular formula is C10H9BrN2O. The Labute approximate surface area is 90.2 Å². The summed E-state index contributed by atoms with van der Waals surface area (Å²) < 4.78 is 5.80. The lowest BCUT2D eigenvalue weighted by molar-refractivity contribution is 0.412. The van der Waals surface area contributed by atoms with Crippen molar-refractivity contribution in [1.29, 1.82) is 0 Å². The van der Waals surface area contributed by atoms with Gasteiger partial charge in [-0.1, -0.05) is 21.1 Å². The van der Waals surface area contributed by atoms with E-state index < -0.39 is 0 Å². The number of nitrogens with zero attached hydrogens (tertiary/aromatic N) is 1. The van der Waals surface area contributed by atoms with E-state index in [2.05, 4.69) is 26.4 Å². The Morgan fingerprint density at radius 1 is 1.21 bits per heavy atom. The average molecular weight is 253 g/mol. The van der Waals surface area contributed by atoms with E-state index in [1.54, 1.807) is 6.26 Å². The van der Waals surface area contributed by atoms with Crippen LogP contribution in [-0.2, 0) is 6.54 Å². The zero-order chi connectivity index (χ0) is 9.80. The van der Waals surface area contributed by atoms with Crippen LogP contribution >= 0.6 is 15.9 Å². The zero-order valence-electron chi connectivity index (χ0n) is 7.40. The molecule has 1 heterocycles. The Kier molecular flexibility index (Phi) is 2.84. The first-order chi connectivity index (χ1) is 6.84. The van der Waals surface area contributed by atoms with Gasteiger partial charge in [-0.3, -0.25) is 0 Å². The third-order valence-electron chi connectivity index (χ3n) is 1.81. The quantitative estimate of drug-likeness (QED) is 0.913. The molecule has 0 fully saturated rings. The molecule has 0 amide bonds. The number of anilines is 1. The van der Waals surface area contributed by atoms with Gasteiger partial charge in [0.1, 0.15) is 12.0 Å². The minimum absolute atomic E-state index is 0.679. The molecule has 0 aliphatic heterocycles. The van der Waals surface area contributed by atoms with Crippen LogP contribution in [0.25, 0.3) is 0 Å². The number of hydrogen-bond donors (Lipinski definition) is 1. The standard InChI is InChI=1S/C10H9BrN2O/c11-8-1-3-9(4-2-8)12-7-10-5-6-14-13-10/h1-6,12H,7H2. The molecular weight excluding hydrogens is 244 g/mol. The number of aromatic nitrogens is 1. The van der Waals surface area contributed by atoms with Crippen LogP contribution in [0.3, 0.4) is 0 Å². The van der Waals surface area contributed by atoms with Crippen LogP contribution in [-0.4, -0.2) is 5.16 Å². The Morgan fingerprint density at radius 3 is 2.64 bits per heavy atom. The molecule has 14 heavy (non-hydrogen) atoms. The molecule has 1 aromatic heterocycles. The van der Waals surface area contributed by atoms with E-state index in [-0.39, 0.29) is 0 Å². The van der Waals surface area contributed by atoms with Crippen molar-refractivity contribution in [3.63, 3.8) is 0 Å². The van der Waals surface area contributed by atoms with Crippen molar-refractivity contribution < 1.29 is 4.52 Å². The van der Waals surface area contributed by atoms with Crippen LogP contribution in [0.4, 0.5) is 5.69 Å². The second kappa shape index (κ2) is 4.28. The van der Waals surface area contributed by atoms with Crippen molar-refractivity contribution >= 4 is 21.6 Å². The fourth-order valence-electron chi connectivity index (χ4n) is 1.09. The maximum Gasteiger partial charge on any atom is 0.124 e. The molecule has 72 valence electrons. The molecule has 2 aromatic rings. The summed E-state index contributed by atoms with van der Waals surface area (Å²) in [6.07, 6.45) is 1.57. The second-order valence-electron chi connectivity index (χ2n) is 2.85. The van der Waals surface area contributed by atoms with Crippen molar-refractivity contribution in [3.05, 3.63) is 46.8 Å². The molecule has 0 spiro atoms. The number of rotatable bonds is 3. The summed E-state index contributed by atoms with van der Waals surface area (Å²) in [6.45, 7) is 0.679. The van der Waals surface area contributed by atoms with Crippen LogP contribution in [0.15, 0.2) is 45.6 Å². The maximum absolute atomic E-state index is 4.72. The van der Waals surface area contributed by atoms with Crippen molar-refractivity contribution in [2.45, 2.75) is 6.54 Å². The topological polar surface area (TPSA) is 38.1 Å². The summed E-state index contributed by atoms with van der Waals surface area (Å²) in [7, 11) is 0. The summed E-state index contributed by atoms with van der Waals surface area (Å²) >= 11 is 3.38. The Bertz CT molecular complexity index is 383. The van der Waals surface area contributed by atoms with Gasteiger partial charge in [0.15, 0.2) is 0 Å². The van der Waals surface area contributed by atoms with E-state index in [4.69, 9.17) is 4.52 Å². The third kappa shape index (κ3) is 2.35. The van der Waals surface area contributed by atoms with E-state index in [0.717, 1.165) is 15.9 Å². The predicted molar refractivity (Wildman–Crippen MR) is 58.0 cm³/mol. The van der Waals surface area contributed by atoms with Gasteiger partial charge >= 0.3 is 0 Å². The van der Waals surface area contributed by atoms with Crippen LogP contribution in [0, 0.1) is 0 Å². The Hall–Kier alpha value is -1.29. The lowest BCUT2D eigenvalue weighted by Crippen LogP contribution is -1.98. The molecule has 0 saturated carbocycles. The second-order valence-corrected chi connectivity index (χ2v) is 3.77. The summed E-state index contributed by atoms with van der Waals surface area (Å²) in [5.74, 6) is 0. The molecule has 0 aliphatic carbocycles. The first-order valence-electron chi connectivity index (χ1n) is 4.23. The molecule has 0 saturated heterocycles. The highest BCUT2D eigenvalue weighted by molar-refractivity contribution is 9.10. The van der Waals surface area contributed by atoms with Gasteiger partial charge in [0.2, 0.25) is 0 Å². The SMILES string of the molecule is Brc1ccc(NCc2ccon2)cc1. The zero-order valence-corrected chi connectivity index (χ0v) is 8.99. The third-order valence-corrected chi connectivity index (χ3v) is 2.34. The summed E-state index contributed by atoms with van der Waals surface area (Å²) in [5.41, 5.74) is 1.96. The van der Waals surface area contributed by atoms with Crippen LogP contribution in [0.2, 0.25) is 0 Å². The monoisotopic (exact) mass is 252 g/mol. The fraction of sp³-hybridized carbons (Fsp3) is 0.100. The number of halogens is 1. The number of nitrogens with one attached hydrogen (secondary N) is 1. The van der Waals surface area contributed by atoms with E-state index in [9.17, 15) is 0 Å². The predicted octanol–water partition coefficient (Wildman–Crippen LogP) is 3.05. The maximum atomic E-state index is 4.72. The highest BCUT2D eigenvalue weighted by atomic mass is 79.9. The molecule has 0 radical (unpaired) electrons. The minimum atomic E-state index is 0.679. The summed E-state index contributed by atoms with van der Waals surface area (Å²) in [5, 5.41) is 7.03. The summed E-state index contributed by atoms with van der Waals surface area (Å²) in [4.78, 5) is 0.